The molecule has 180 valence electrons. The molecule has 34 heavy (non-hydrogen) atoms. The molecule has 0 spiro atoms. The number of aromatic nitrogens is 3. The van der Waals surface area contributed by atoms with Crippen molar-refractivity contribution in [2.75, 3.05) is 30.3 Å². The monoisotopic (exact) mass is 487 g/mol. The maximum Gasteiger partial charge on any atom is 0.343 e. The van der Waals surface area contributed by atoms with Gasteiger partial charge >= 0.3 is 5.97 Å². The van der Waals surface area contributed by atoms with Crippen LogP contribution < -0.4 is 10.6 Å². The highest BCUT2D eigenvalue weighted by Crippen LogP contribution is 2.35. The molecule has 0 unspecified atom stereocenters. The van der Waals surface area contributed by atoms with Crippen LogP contribution in [0.3, 0.4) is 0 Å². The van der Waals surface area contributed by atoms with Gasteiger partial charge in [-0.1, -0.05) is 11.6 Å². The zero-order valence-electron chi connectivity index (χ0n) is 19.5. The normalized spacial score (nSPS) is 16.5. The van der Waals surface area contributed by atoms with Crippen LogP contribution in [0.15, 0.2) is 36.7 Å². The number of nitrogen functional groups attached to an aromatic ring is 1. The van der Waals surface area contributed by atoms with Crippen molar-refractivity contribution in [2.45, 2.75) is 32.5 Å². The molecule has 3 heterocycles. The lowest BCUT2D eigenvalue weighted by Crippen LogP contribution is -2.39. The predicted molar refractivity (Wildman–Crippen MR) is 128 cm³/mol. The predicted octanol–water partition coefficient (Wildman–Crippen LogP) is 4.39. The second-order valence-corrected chi connectivity index (χ2v) is 9.61. The smallest absolute Gasteiger partial charge is 0.343 e. The van der Waals surface area contributed by atoms with E-state index in [9.17, 15) is 9.18 Å². The Labute approximate surface area is 202 Å². The molecule has 1 atom stereocenters. The molecule has 4 rings (SSSR count). The minimum atomic E-state index is -0.765. The number of esters is 1. The van der Waals surface area contributed by atoms with E-state index in [-0.39, 0.29) is 33.6 Å². The summed E-state index contributed by atoms with van der Waals surface area (Å²) in [6.07, 6.45) is 3.44. The van der Waals surface area contributed by atoms with E-state index in [0.717, 1.165) is 5.56 Å². The maximum atomic E-state index is 14.9. The van der Waals surface area contributed by atoms with Gasteiger partial charge in [-0.3, -0.25) is 4.68 Å². The van der Waals surface area contributed by atoms with E-state index in [0.29, 0.717) is 25.5 Å². The van der Waals surface area contributed by atoms with Crippen molar-refractivity contribution in [1.29, 1.82) is 0 Å². The molecule has 1 saturated heterocycles. The molecule has 1 fully saturated rings. The quantitative estimate of drug-likeness (QED) is 0.545. The summed E-state index contributed by atoms with van der Waals surface area (Å²) in [5, 5.41) is 4.45. The molecule has 1 aromatic carbocycles. The van der Waals surface area contributed by atoms with Gasteiger partial charge in [0.05, 0.1) is 24.2 Å². The number of hydrogen-bond acceptors (Lipinski definition) is 7. The van der Waals surface area contributed by atoms with E-state index in [2.05, 4.69) is 10.1 Å². The van der Waals surface area contributed by atoms with Crippen molar-refractivity contribution in [3.05, 3.63) is 58.6 Å². The van der Waals surface area contributed by atoms with E-state index in [1.165, 1.54) is 18.2 Å². The number of nitrogens with two attached hydrogens (primary N) is 1. The summed E-state index contributed by atoms with van der Waals surface area (Å²) in [6.45, 7) is 6.75. The Kier molecular flexibility index (Phi) is 6.51. The second kappa shape index (κ2) is 9.23. The van der Waals surface area contributed by atoms with Gasteiger partial charge in [0.25, 0.3) is 0 Å². The fraction of sp³-hybridized carbons (Fsp3) is 0.375. The van der Waals surface area contributed by atoms with Gasteiger partial charge in [0, 0.05) is 48.5 Å². The largest absolute Gasteiger partial charge is 0.456 e. The van der Waals surface area contributed by atoms with Crippen molar-refractivity contribution in [1.82, 2.24) is 14.8 Å². The van der Waals surface area contributed by atoms with Crippen LogP contribution in [0.25, 0.3) is 11.3 Å². The third kappa shape index (κ3) is 5.15. The molecule has 2 aromatic heterocycles. The number of halogens is 2. The first-order valence-corrected chi connectivity index (χ1v) is 11.2. The van der Waals surface area contributed by atoms with Crippen molar-refractivity contribution in [2.24, 2.45) is 7.05 Å². The Morgan fingerprint density at radius 1 is 1.32 bits per heavy atom. The number of aryl methyl sites for hydroxylation is 1. The van der Waals surface area contributed by atoms with Gasteiger partial charge in [0.2, 0.25) is 0 Å². The average Bonchev–Trinajstić information content (AvgIpc) is 3.18. The number of ether oxygens (including phenoxy) is 2. The third-order valence-corrected chi connectivity index (χ3v) is 5.55. The van der Waals surface area contributed by atoms with Gasteiger partial charge in [-0.25, -0.2) is 14.2 Å². The molecular weight excluding hydrogens is 461 g/mol. The van der Waals surface area contributed by atoms with E-state index in [1.807, 2.05) is 18.1 Å². The Balaban J connectivity index is 1.77. The molecule has 0 aliphatic carbocycles. The number of carbonyl (C=O) groups excluding carboxylic acids is 1. The lowest BCUT2D eigenvalue weighted by molar-refractivity contribution is 0.00712. The lowest BCUT2D eigenvalue weighted by Gasteiger charge is -2.34. The molecule has 0 saturated carbocycles. The number of benzene rings is 1. The number of morpholine rings is 1. The van der Waals surface area contributed by atoms with E-state index < -0.39 is 17.4 Å². The number of pyridine rings is 1. The SMILES string of the molecule is Cn1cc([C@H]2CN(c3cc(N)c(C(=O)OC(C)(C)C)c(-c4ccc(Cl)cc4F)n3)CCO2)cn1. The Morgan fingerprint density at radius 3 is 2.74 bits per heavy atom. The van der Waals surface area contributed by atoms with Crippen molar-refractivity contribution in [3.63, 3.8) is 0 Å². The summed E-state index contributed by atoms with van der Waals surface area (Å²) in [5.74, 6) is -0.786. The van der Waals surface area contributed by atoms with Crippen molar-refractivity contribution in [3.8, 4) is 11.3 Å². The first kappa shape index (κ1) is 24.0. The zero-order chi connectivity index (χ0) is 24.6. The molecule has 3 aromatic rings. The van der Waals surface area contributed by atoms with Crippen LogP contribution in [0.1, 0.15) is 42.8 Å². The standard InChI is InChI=1S/C24H27ClFN5O3/c1-24(2,3)34-23(32)21-18(27)10-20(29-22(21)16-6-5-15(25)9-17(16)26)31-7-8-33-19(13-31)14-11-28-30(4)12-14/h5-6,9-12,19H,7-8,13H2,1-4H3,(H2,27,29)/t19-/m1/s1. The van der Waals surface area contributed by atoms with Crippen LogP contribution in [0.5, 0.6) is 0 Å². The molecule has 0 radical (unpaired) electrons. The summed E-state index contributed by atoms with van der Waals surface area (Å²) in [5.41, 5.74) is 6.89. The Morgan fingerprint density at radius 2 is 2.09 bits per heavy atom. The number of hydrogen-bond donors (Lipinski definition) is 1. The number of anilines is 2. The topological polar surface area (TPSA) is 95.5 Å². The van der Waals surface area contributed by atoms with Gasteiger partial charge in [-0.05, 0) is 39.0 Å². The van der Waals surface area contributed by atoms with Gasteiger partial charge in [0.15, 0.2) is 0 Å². The number of rotatable bonds is 4. The minimum absolute atomic E-state index is 0.0111. The highest BCUT2D eigenvalue weighted by molar-refractivity contribution is 6.30. The van der Waals surface area contributed by atoms with Gasteiger partial charge < -0.3 is 20.1 Å². The van der Waals surface area contributed by atoms with Gasteiger partial charge in [0.1, 0.15) is 28.9 Å². The van der Waals surface area contributed by atoms with Crippen LogP contribution in [0, 0.1) is 5.82 Å². The van der Waals surface area contributed by atoms with Crippen molar-refractivity contribution >= 4 is 29.1 Å². The Hall–Kier alpha value is -3.17. The van der Waals surface area contributed by atoms with Crippen LogP contribution in [0.4, 0.5) is 15.9 Å². The fourth-order valence-electron chi connectivity index (χ4n) is 3.80. The highest BCUT2D eigenvalue weighted by atomic mass is 35.5. The first-order valence-electron chi connectivity index (χ1n) is 10.9. The van der Waals surface area contributed by atoms with Crippen molar-refractivity contribution < 1.29 is 18.7 Å². The summed E-state index contributed by atoms with van der Waals surface area (Å²) in [4.78, 5) is 19.7. The van der Waals surface area contributed by atoms with Crippen LogP contribution in [0.2, 0.25) is 5.02 Å². The first-order chi connectivity index (χ1) is 16.0. The summed E-state index contributed by atoms with van der Waals surface area (Å²) in [7, 11) is 1.84. The fourth-order valence-corrected chi connectivity index (χ4v) is 3.96. The van der Waals surface area contributed by atoms with Gasteiger partial charge in [-0.15, -0.1) is 0 Å². The summed E-state index contributed by atoms with van der Waals surface area (Å²) < 4.78 is 28.1. The second-order valence-electron chi connectivity index (χ2n) is 9.17. The van der Waals surface area contributed by atoms with Crippen LogP contribution in [-0.4, -0.2) is 46.0 Å². The molecule has 1 aliphatic heterocycles. The molecule has 0 amide bonds. The summed E-state index contributed by atoms with van der Waals surface area (Å²) in [6, 6.07) is 5.81. The van der Waals surface area contributed by atoms with E-state index in [4.69, 9.17) is 26.8 Å². The molecule has 2 N–H and O–H groups in total. The maximum absolute atomic E-state index is 14.9. The molecule has 8 nitrogen and oxygen atoms in total. The third-order valence-electron chi connectivity index (χ3n) is 5.31. The van der Waals surface area contributed by atoms with Gasteiger partial charge in [-0.2, -0.15) is 5.10 Å². The minimum Gasteiger partial charge on any atom is -0.456 e. The molecule has 10 heteroatoms. The molecule has 1 aliphatic rings. The van der Waals surface area contributed by atoms with E-state index >= 15 is 0 Å². The number of carbonyl (C=O) groups is 1. The molecule has 0 bridgehead atoms. The number of nitrogens with zero attached hydrogens (tertiary/aromatic N) is 4. The molecular formula is C24H27ClFN5O3. The summed E-state index contributed by atoms with van der Waals surface area (Å²) >= 11 is 5.95. The average molecular weight is 488 g/mol. The van der Waals surface area contributed by atoms with E-state index in [1.54, 1.807) is 37.7 Å². The van der Waals surface area contributed by atoms with Crippen LogP contribution >= 0.6 is 11.6 Å². The zero-order valence-corrected chi connectivity index (χ0v) is 20.3. The van der Waals surface area contributed by atoms with Crippen LogP contribution in [-0.2, 0) is 16.5 Å². The highest BCUT2D eigenvalue weighted by Gasteiger charge is 2.29. The Bertz CT molecular complexity index is 1220. The lowest BCUT2D eigenvalue weighted by atomic mass is 10.0.